The molecule has 7 rings (SSSR count). The lowest BCUT2D eigenvalue weighted by Gasteiger charge is -2.58. The van der Waals surface area contributed by atoms with Gasteiger partial charge in [-0.25, -0.2) is 0 Å². The van der Waals surface area contributed by atoms with Gasteiger partial charge in [0, 0.05) is 15.9 Å². The zero-order valence-electron chi connectivity index (χ0n) is 31.1. The second-order valence-electron chi connectivity index (χ2n) is 17.8. The Labute approximate surface area is 301 Å². The number of fused-ring (bicyclic) bond motifs is 6. The molecule has 0 N–H and O–H groups in total. The van der Waals surface area contributed by atoms with E-state index in [9.17, 15) is 4.57 Å². The molecule has 8 heteroatoms. The van der Waals surface area contributed by atoms with Crippen molar-refractivity contribution >= 4 is 20.0 Å². The van der Waals surface area contributed by atoms with Crippen molar-refractivity contribution in [3.8, 4) is 0 Å². The van der Waals surface area contributed by atoms with E-state index < -0.39 is 14.0 Å². The maximum absolute atomic E-state index is 13.2. The molecule has 1 aromatic rings. The fraction of sp³-hybridized carbons (Fsp3) is 0.805. The highest BCUT2D eigenvalue weighted by atomic mass is 32.2. The van der Waals surface area contributed by atoms with Crippen molar-refractivity contribution < 1.29 is 27.8 Å². The molecule has 1 unspecified atom stereocenters. The minimum atomic E-state index is -2.27. The molecule has 0 bridgehead atoms. The highest BCUT2D eigenvalue weighted by Gasteiger charge is 2.60. The number of hydrogen-bond acceptors (Lipinski definition) is 7. The van der Waals surface area contributed by atoms with Gasteiger partial charge in [0.05, 0.1) is 0 Å². The summed E-state index contributed by atoms with van der Waals surface area (Å²) in [5.41, 5.74) is 2.06. The van der Waals surface area contributed by atoms with Gasteiger partial charge in [-0.2, -0.15) is 0 Å². The lowest BCUT2D eigenvalue weighted by atomic mass is 9.47. The molecule has 6 aliphatic rings. The molecule has 6 nitrogen and oxygen atoms in total. The highest BCUT2D eigenvalue weighted by molar-refractivity contribution is 7.99. The summed E-state index contributed by atoms with van der Waals surface area (Å²) in [5.74, 6) is 4.27. The first-order chi connectivity index (χ1) is 23.4. The minimum Gasteiger partial charge on any atom is -0.356 e. The fourth-order valence-electron chi connectivity index (χ4n) is 11.5. The van der Waals surface area contributed by atoms with Crippen molar-refractivity contribution in [1.29, 1.82) is 0 Å². The molecule has 0 amide bonds. The average molecular weight is 714 g/mol. The van der Waals surface area contributed by atoms with Crippen LogP contribution in [-0.2, 0) is 27.8 Å². The summed E-state index contributed by atoms with van der Waals surface area (Å²) in [4.78, 5) is 1.11. The van der Waals surface area contributed by atoms with E-state index in [1.54, 1.807) is 17.3 Å². The second kappa shape index (κ2) is 14.6. The molecule has 5 fully saturated rings. The Kier molecular flexibility index (Phi) is 10.9. The first-order valence-corrected chi connectivity index (χ1v) is 21.5. The monoisotopic (exact) mass is 713 g/mol. The van der Waals surface area contributed by atoms with E-state index in [0.29, 0.717) is 5.41 Å². The summed E-state index contributed by atoms with van der Waals surface area (Å²) >= 11 is 1.63. The van der Waals surface area contributed by atoms with Gasteiger partial charge < -0.3 is 14.2 Å². The van der Waals surface area contributed by atoms with E-state index >= 15 is 0 Å². The molecule has 3 saturated carbocycles. The third-order valence-electron chi connectivity index (χ3n) is 13.9. The van der Waals surface area contributed by atoms with Crippen LogP contribution in [0, 0.1) is 46.3 Å². The summed E-state index contributed by atoms with van der Waals surface area (Å²) in [7, 11) is -2.27. The Morgan fingerprint density at radius 3 is 2.49 bits per heavy atom. The number of thioether (sulfide) groups is 1. The molecular formula is C41H62O6PS+. The van der Waals surface area contributed by atoms with Crippen molar-refractivity contribution in [2.45, 2.75) is 160 Å². The van der Waals surface area contributed by atoms with Gasteiger partial charge in [0.15, 0.2) is 5.79 Å². The average Bonchev–Trinajstić information content (AvgIpc) is 3.68. The van der Waals surface area contributed by atoms with Crippen LogP contribution >= 0.6 is 20.0 Å². The molecular weight excluding hydrogens is 651 g/mol. The first kappa shape index (κ1) is 36.6. The highest BCUT2D eigenvalue weighted by Crippen LogP contribution is 2.67. The number of ether oxygens (including phenoxy) is 3. The van der Waals surface area contributed by atoms with Gasteiger partial charge in [0.1, 0.15) is 36.5 Å². The van der Waals surface area contributed by atoms with E-state index in [-0.39, 0.29) is 41.9 Å². The van der Waals surface area contributed by atoms with Crippen molar-refractivity contribution in [3.05, 3.63) is 42.0 Å². The molecule has 1 aromatic carbocycles. The molecule has 272 valence electrons. The zero-order chi connectivity index (χ0) is 34.6. The van der Waals surface area contributed by atoms with Crippen LogP contribution in [0.25, 0.3) is 0 Å². The van der Waals surface area contributed by atoms with E-state index in [2.05, 4.69) is 52.8 Å². The summed E-state index contributed by atoms with van der Waals surface area (Å²) in [5, 5.41) is 0. The third kappa shape index (κ3) is 7.40. The molecule has 0 aromatic heterocycles. The zero-order valence-corrected chi connectivity index (χ0v) is 32.8. The normalized spacial score (nSPS) is 41.8. The number of rotatable bonds is 12. The third-order valence-corrected chi connectivity index (χ3v) is 15.9. The Hall–Kier alpha value is -0.790. The van der Waals surface area contributed by atoms with Gasteiger partial charge in [0.25, 0.3) is 0 Å². The predicted molar refractivity (Wildman–Crippen MR) is 196 cm³/mol. The maximum Gasteiger partial charge on any atom is 0.697 e. The fourth-order valence-corrected chi connectivity index (χ4v) is 13.4. The Morgan fingerprint density at radius 2 is 1.71 bits per heavy atom. The van der Waals surface area contributed by atoms with Crippen LogP contribution in [0.5, 0.6) is 0 Å². The van der Waals surface area contributed by atoms with Crippen LogP contribution in [0.15, 0.2) is 46.9 Å². The Balaban J connectivity index is 0.930. The summed E-state index contributed by atoms with van der Waals surface area (Å²) in [6.45, 7) is 16.5. The van der Waals surface area contributed by atoms with Crippen LogP contribution in [0.1, 0.15) is 119 Å². The Morgan fingerprint density at radius 1 is 0.939 bits per heavy atom. The maximum atomic E-state index is 13.2. The van der Waals surface area contributed by atoms with Crippen LogP contribution < -0.4 is 0 Å². The molecule has 4 aliphatic carbocycles. The summed E-state index contributed by atoms with van der Waals surface area (Å²) in [6.07, 6.45) is 15.5. The number of allylic oxidation sites excluding steroid dienone is 1. The van der Waals surface area contributed by atoms with Gasteiger partial charge in [0.2, 0.25) is 0 Å². The van der Waals surface area contributed by atoms with Crippen LogP contribution in [0.3, 0.4) is 0 Å². The molecule has 2 saturated heterocycles. The van der Waals surface area contributed by atoms with E-state index in [1.807, 2.05) is 32.0 Å². The van der Waals surface area contributed by atoms with Crippen LogP contribution in [0.4, 0.5) is 0 Å². The van der Waals surface area contributed by atoms with Crippen molar-refractivity contribution in [2.24, 2.45) is 46.3 Å². The standard InChI is InChI=1S/C41H62O6PS/c1-26(2)12-11-13-27(3)32-18-19-33-31-17-16-28-24-29(20-22-40(28,6)34(31)21-23-41(32,33)7)47-48(42)43-25-35-36-37(46-39(4,5)45-36)38(44-35)49-30-14-9-8-10-15-30/h8-10,14-16,26-27,29,31-38H,11-13,17-25H2,1-7H3/q+1/t27-,29+,31+,32-,33+,34+,35-,36-,37-,38+,40+,41-/m1/s1. The second-order valence-corrected chi connectivity index (χ2v) is 19.9. The number of hydrogen-bond donors (Lipinski definition) is 0. The van der Waals surface area contributed by atoms with Gasteiger partial charge in [-0.05, 0) is 117 Å². The molecule has 13 atom stereocenters. The summed E-state index contributed by atoms with van der Waals surface area (Å²) in [6, 6.07) is 10.2. The quantitative estimate of drug-likeness (QED) is 0.158. The molecule has 0 spiro atoms. The van der Waals surface area contributed by atoms with E-state index in [0.717, 1.165) is 59.7 Å². The largest absolute Gasteiger partial charge is 0.697 e. The first-order valence-electron chi connectivity index (χ1n) is 19.6. The Bertz CT molecular complexity index is 1350. The van der Waals surface area contributed by atoms with Gasteiger partial charge in [-0.3, -0.25) is 0 Å². The predicted octanol–water partition coefficient (Wildman–Crippen LogP) is 11.1. The lowest BCUT2D eigenvalue weighted by molar-refractivity contribution is -0.180. The van der Waals surface area contributed by atoms with E-state index in [1.165, 1.54) is 51.4 Å². The smallest absolute Gasteiger partial charge is 0.356 e. The minimum absolute atomic E-state index is 0.0699. The van der Waals surface area contributed by atoms with Crippen molar-refractivity contribution in [3.63, 3.8) is 0 Å². The molecule has 2 heterocycles. The molecule has 2 aliphatic heterocycles. The SMILES string of the molecule is CC(C)CCC[C@@H](C)[C@H]1CC[C@H]2[C@@H]3CC=C4C[C@@H](O[P+](=O)OC[C@H]5O[C@@H](Sc6ccccc6)[C@@H]6OC(C)(C)O[C@@H]65)CC[C@]4(C)[C@H]3CC[C@]12C. The molecule has 0 radical (unpaired) electrons. The van der Waals surface area contributed by atoms with E-state index in [4.69, 9.17) is 23.3 Å². The van der Waals surface area contributed by atoms with Crippen molar-refractivity contribution in [1.82, 2.24) is 0 Å². The summed E-state index contributed by atoms with van der Waals surface area (Å²) < 4.78 is 44.1. The topological polar surface area (TPSA) is 63.2 Å². The van der Waals surface area contributed by atoms with Crippen LogP contribution in [-0.4, -0.2) is 42.2 Å². The van der Waals surface area contributed by atoms with Crippen LogP contribution in [0.2, 0.25) is 0 Å². The van der Waals surface area contributed by atoms with Gasteiger partial charge >= 0.3 is 8.25 Å². The molecule has 49 heavy (non-hydrogen) atoms. The lowest BCUT2D eigenvalue weighted by Crippen LogP contribution is -2.50. The van der Waals surface area contributed by atoms with Gasteiger partial charge in [-0.15, -0.1) is 9.05 Å². The van der Waals surface area contributed by atoms with Crippen molar-refractivity contribution in [2.75, 3.05) is 6.61 Å². The number of benzene rings is 1. The van der Waals surface area contributed by atoms with Gasteiger partial charge in [-0.1, -0.05) is 95.5 Å².